The first-order chi connectivity index (χ1) is 32.1. The van der Waals surface area contributed by atoms with Gasteiger partial charge in [0.05, 0.1) is 24.5 Å². The van der Waals surface area contributed by atoms with Crippen molar-refractivity contribution in [1.29, 1.82) is 0 Å². The average molecular weight is 958 g/mol. The van der Waals surface area contributed by atoms with E-state index in [0.717, 1.165) is 16.7 Å². The Morgan fingerprint density at radius 3 is 2.15 bits per heavy atom. The van der Waals surface area contributed by atoms with Gasteiger partial charge in [0.1, 0.15) is 23.8 Å². The van der Waals surface area contributed by atoms with Crippen LogP contribution in [0.2, 0.25) is 10.2 Å². The van der Waals surface area contributed by atoms with E-state index in [2.05, 4.69) is 20.6 Å². The van der Waals surface area contributed by atoms with Crippen LogP contribution < -0.4 is 20.1 Å². The molecule has 3 aromatic carbocycles. The lowest BCUT2D eigenvalue weighted by Gasteiger charge is -2.29. The van der Waals surface area contributed by atoms with E-state index in [-0.39, 0.29) is 34.7 Å². The third kappa shape index (κ3) is 14.2. The van der Waals surface area contributed by atoms with E-state index >= 15 is 0 Å². The Morgan fingerprint density at radius 1 is 0.791 bits per heavy atom. The number of amides is 2. The summed E-state index contributed by atoms with van der Waals surface area (Å²) >= 11 is 11.9. The molecule has 18 heteroatoms. The number of benzene rings is 3. The third-order valence-electron chi connectivity index (χ3n) is 9.98. The number of anilines is 1. The summed E-state index contributed by atoms with van der Waals surface area (Å²) in [5.41, 5.74) is 3.38. The maximum atomic E-state index is 13.4. The van der Waals surface area contributed by atoms with E-state index < -0.39 is 79.2 Å². The van der Waals surface area contributed by atoms with Crippen molar-refractivity contribution >= 4 is 64.6 Å². The van der Waals surface area contributed by atoms with Crippen LogP contribution in [0, 0.1) is 17.8 Å². The molecule has 16 nitrogen and oxygen atoms in total. The number of ether oxygens (including phenoxy) is 6. The smallest absolute Gasteiger partial charge is 0.332 e. The number of carbonyl (C=O) groups is 6. The summed E-state index contributed by atoms with van der Waals surface area (Å²) in [6.07, 6.45) is 0.732. The minimum Gasteiger partial charge on any atom is -0.493 e. The van der Waals surface area contributed by atoms with Crippen LogP contribution >= 0.6 is 23.2 Å². The molecule has 1 aliphatic heterocycles. The molecule has 3 heterocycles. The molecule has 1 fully saturated rings. The number of para-hydroxylation sites is 1. The van der Waals surface area contributed by atoms with Gasteiger partial charge in [0.25, 0.3) is 11.8 Å². The van der Waals surface area contributed by atoms with Crippen LogP contribution in [0.1, 0.15) is 61.0 Å². The fourth-order valence-corrected chi connectivity index (χ4v) is 6.73. The van der Waals surface area contributed by atoms with Gasteiger partial charge in [-0.15, -0.1) is 0 Å². The molecule has 0 bridgehead atoms. The first kappa shape index (κ1) is 51.0. The fraction of sp³-hybridized carbons (Fsp3) is 0.306. The molecule has 2 N–H and O–H groups in total. The second-order valence-electron chi connectivity index (χ2n) is 15.6. The lowest BCUT2D eigenvalue weighted by molar-refractivity contribution is -0.176. The van der Waals surface area contributed by atoms with Gasteiger partial charge >= 0.3 is 23.9 Å². The maximum Gasteiger partial charge on any atom is 0.332 e. The van der Waals surface area contributed by atoms with Gasteiger partial charge in [-0.05, 0) is 54.8 Å². The second kappa shape index (κ2) is 24.5. The van der Waals surface area contributed by atoms with Crippen LogP contribution in [0.3, 0.4) is 0 Å². The predicted octanol–water partition coefficient (Wildman–Crippen LogP) is 7.95. The van der Waals surface area contributed by atoms with Gasteiger partial charge in [-0.25, -0.2) is 14.8 Å². The molecule has 0 saturated carbocycles. The number of hydrogen-bond donors (Lipinski definition) is 2. The zero-order valence-corrected chi connectivity index (χ0v) is 39.0. The number of rotatable bonds is 14. The number of carbonyl (C=O) groups excluding carboxylic acids is 6. The molecule has 1 aliphatic rings. The summed E-state index contributed by atoms with van der Waals surface area (Å²) in [7, 11) is 1.34. The molecule has 0 unspecified atom stereocenters. The summed E-state index contributed by atoms with van der Waals surface area (Å²) in [6, 6.07) is 27.3. The Hall–Kier alpha value is -7.04. The topological polar surface area (TPSA) is 208 Å². The number of nitrogens with zero attached hydrogens (tertiary/aromatic N) is 2. The third-order valence-corrected chi connectivity index (χ3v) is 10.5. The SMILES string of the molecule is COc1ccnc(C(=O)N[C@H]2COC(=O)[C@H](Cc3ccccc3)[C@@H](OC(=O)C(C)C)[C@H](C)OC2=O)c1OCOC(=O)C(C)C.O=C(Nc1ccccc1-c1ccc(Cl)cc1)c1cccnc1Cl. The zero-order valence-electron chi connectivity index (χ0n) is 37.5. The highest BCUT2D eigenvalue weighted by Gasteiger charge is 2.42. The van der Waals surface area contributed by atoms with Crippen LogP contribution in [-0.2, 0) is 44.5 Å². The van der Waals surface area contributed by atoms with Gasteiger partial charge in [0.2, 0.25) is 6.79 Å². The minimum absolute atomic E-state index is 0.112. The van der Waals surface area contributed by atoms with Gasteiger partial charge in [0.15, 0.2) is 29.3 Å². The first-order valence-electron chi connectivity index (χ1n) is 21.1. The minimum atomic E-state index is -1.45. The van der Waals surface area contributed by atoms with Crippen molar-refractivity contribution in [2.75, 3.05) is 25.8 Å². The van der Waals surface area contributed by atoms with Crippen LogP contribution in [-0.4, -0.2) is 84.4 Å². The monoisotopic (exact) mass is 956 g/mol. The Morgan fingerprint density at radius 2 is 1.48 bits per heavy atom. The highest BCUT2D eigenvalue weighted by Crippen LogP contribution is 2.31. The summed E-state index contributed by atoms with van der Waals surface area (Å²) in [5.74, 6) is -5.91. The Bertz CT molecular complexity index is 2520. The standard InChI is InChI=1S/C31H38N2O11.C18H12Cl2N2O/c1-17(2)28(35)42-16-41-26-23(39-6)12-13-32-24(26)27(34)33-22-15-40-30(37)21(14-20-10-8-7-9-11-20)25(19(5)43-31(22)38)44-29(36)18(3)4;19-13-9-7-12(8-10-13)14-4-1-2-6-16(14)22-18(23)15-5-3-11-21-17(15)20/h7-13,17-19,21-22,25H,14-16H2,1-6H3,(H,33,34);1-11H,(H,22,23)/t19-,21+,22-,25-;/m0./s1. The molecule has 4 atom stereocenters. The molecule has 67 heavy (non-hydrogen) atoms. The number of pyridine rings is 2. The number of nitrogens with one attached hydrogen (secondary N) is 2. The summed E-state index contributed by atoms with van der Waals surface area (Å²) in [4.78, 5) is 84.8. The Balaban J connectivity index is 0.000000304. The number of cyclic esters (lactones) is 2. The van der Waals surface area contributed by atoms with E-state index in [1.165, 1.54) is 26.3 Å². The molecule has 352 valence electrons. The highest BCUT2D eigenvalue weighted by atomic mass is 35.5. The number of methoxy groups -OCH3 is 1. The largest absolute Gasteiger partial charge is 0.493 e. The van der Waals surface area contributed by atoms with Gasteiger partial charge in [-0.2, -0.15) is 0 Å². The highest BCUT2D eigenvalue weighted by molar-refractivity contribution is 6.33. The maximum absolute atomic E-state index is 13.4. The van der Waals surface area contributed by atoms with E-state index in [9.17, 15) is 28.8 Å². The molecule has 0 aliphatic carbocycles. The van der Waals surface area contributed by atoms with Crippen molar-refractivity contribution in [2.45, 2.75) is 59.3 Å². The van der Waals surface area contributed by atoms with Gasteiger partial charge in [-0.3, -0.25) is 24.0 Å². The lowest BCUT2D eigenvalue weighted by atomic mass is 9.91. The first-order valence-corrected chi connectivity index (χ1v) is 21.8. The van der Waals surface area contributed by atoms with Crippen molar-refractivity contribution in [2.24, 2.45) is 17.8 Å². The van der Waals surface area contributed by atoms with E-state index in [0.29, 0.717) is 16.3 Å². The van der Waals surface area contributed by atoms with Crippen molar-refractivity contribution in [3.63, 3.8) is 0 Å². The molecule has 5 aromatic rings. The molecule has 0 radical (unpaired) electrons. The molecule has 0 spiro atoms. The lowest BCUT2D eigenvalue weighted by Crippen LogP contribution is -2.47. The number of aromatic nitrogens is 2. The summed E-state index contributed by atoms with van der Waals surface area (Å²) in [5, 5.41) is 6.19. The van der Waals surface area contributed by atoms with Crippen molar-refractivity contribution in [1.82, 2.24) is 15.3 Å². The van der Waals surface area contributed by atoms with Crippen molar-refractivity contribution in [3.05, 3.63) is 136 Å². The molecule has 2 aromatic heterocycles. The number of halogens is 2. The molecular weight excluding hydrogens is 907 g/mol. The zero-order chi connectivity index (χ0) is 48.6. The van der Waals surface area contributed by atoms with E-state index in [4.69, 9.17) is 51.6 Å². The van der Waals surface area contributed by atoms with Crippen LogP contribution in [0.25, 0.3) is 11.1 Å². The normalized spacial score (nSPS) is 16.9. The number of hydrogen-bond acceptors (Lipinski definition) is 14. The molecule has 6 rings (SSSR count). The van der Waals surface area contributed by atoms with Gasteiger partial charge < -0.3 is 39.1 Å². The van der Waals surface area contributed by atoms with Crippen LogP contribution in [0.5, 0.6) is 11.5 Å². The number of esters is 4. The second-order valence-corrected chi connectivity index (χ2v) is 16.4. The molecule has 2 amide bonds. The van der Waals surface area contributed by atoms with Crippen LogP contribution in [0.15, 0.2) is 109 Å². The fourth-order valence-electron chi connectivity index (χ4n) is 6.40. The predicted molar refractivity (Wildman–Crippen MR) is 247 cm³/mol. The summed E-state index contributed by atoms with van der Waals surface area (Å²) < 4.78 is 32.6. The van der Waals surface area contributed by atoms with Gasteiger partial charge in [0, 0.05) is 34.7 Å². The molecule has 1 saturated heterocycles. The van der Waals surface area contributed by atoms with Gasteiger partial charge in [-0.1, -0.05) is 112 Å². The van der Waals surface area contributed by atoms with E-state index in [1.807, 2.05) is 66.7 Å². The van der Waals surface area contributed by atoms with Crippen LogP contribution in [0.4, 0.5) is 5.69 Å². The Labute approximate surface area is 397 Å². The summed E-state index contributed by atoms with van der Waals surface area (Å²) in [6.45, 7) is 6.98. The van der Waals surface area contributed by atoms with E-state index in [1.54, 1.807) is 58.2 Å². The average Bonchev–Trinajstić information content (AvgIpc) is 3.35. The Kier molecular flexibility index (Phi) is 18.6. The molecular formula is C49H50Cl2N4O12. The van der Waals surface area contributed by atoms with Crippen molar-refractivity contribution in [3.8, 4) is 22.6 Å². The van der Waals surface area contributed by atoms with Crippen molar-refractivity contribution < 1.29 is 57.2 Å². The quantitative estimate of drug-likeness (QED) is 0.0469.